The minimum atomic E-state index is -0.423. The molecule has 1 heterocycles. The first kappa shape index (κ1) is 24.9. The van der Waals surface area contributed by atoms with Crippen LogP contribution in [-0.2, 0) is 4.79 Å². The number of imidazole rings is 1. The average Bonchev–Trinajstić information content (AvgIpc) is 3.27. The van der Waals surface area contributed by atoms with Crippen LogP contribution in [0.3, 0.4) is 0 Å². The molecular formula is C29H29FN4O2. The molecule has 0 unspecified atom stereocenters. The number of hydrogen-bond donors (Lipinski definition) is 1. The number of benzene rings is 3. The molecule has 2 amide bonds. The Hall–Kier alpha value is -4.26. The van der Waals surface area contributed by atoms with Crippen LogP contribution in [0.5, 0.6) is 0 Å². The molecule has 0 spiro atoms. The maximum Gasteiger partial charge on any atom is 0.254 e. The number of carbonyl (C=O) groups is 2. The van der Waals surface area contributed by atoms with Gasteiger partial charge in [0.05, 0.1) is 5.69 Å². The molecule has 4 rings (SSSR count). The summed E-state index contributed by atoms with van der Waals surface area (Å²) in [6.45, 7) is 7.52. The number of amides is 2. The van der Waals surface area contributed by atoms with Gasteiger partial charge in [0, 0.05) is 29.1 Å². The molecule has 0 aliphatic heterocycles. The number of hydrogen-bond acceptors (Lipinski definition) is 3. The molecule has 36 heavy (non-hydrogen) atoms. The van der Waals surface area contributed by atoms with Crippen LogP contribution in [0.1, 0.15) is 35.3 Å². The molecule has 0 saturated carbocycles. The summed E-state index contributed by atoms with van der Waals surface area (Å²) < 4.78 is 15.1. The second-order valence-electron chi connectivity index (χ2n) is 9.10. The Labute approximate surface area is 210 Å². The minimum Gasteiger partial charge on any atom is -0.327 e. The van der Waals surface area contributed by atoms with Crippen LogP contribution < -0.4 is 5.32 Å². The number of rotatable bonds is 7. The molecule has 0 atom stereocenters. The van der Waals surface area contributed by atoms with Crippen LogP contribution in [0.4, 0.5) is 10.3 Å². The third kappa shape index (κ3) is 5.68. The first-order valence-electron chi connectivity index (χ1n) is 11.8. The summed E-state index contributed by atoms with van der Waals surface area (Å²) in [5.41, 5.74) is 5.08. The Morgan fingerprint density at radius 3 is 2.08 bits per heavy atom. The number of halogens is 1. The number of carbonyl (C=O) groups excluding carboxylic acids is 2. The van der Waals surface area contributed by atoms with Crippen LogP contribution in [0.15, 0.2) is 79.0 Å². The Morgan fingerprint density at radius 2 is 1.50 bits per heavy atom. The van der Waals surface area contributed by atoms with Crippen molar-refractivity contribution in [3.05, 3.63) is 102 Å². The van der Waals surface area contributed by atoms with Gasteiger partial charge in [0.2, 0.25) is 11.9 Å². The van der Waals surface area contributed by atoms with Crippen LogP contribution >= 0.6 is 0 Å². The van der Waals surface area contributed by atoms with Crippen LogP contribution in [0.25, 0.3) is 16.9 Å². The topological polar surface area (TPSA) is 67.2 Å². The van der Waals surface area contributed by atoms with Gasteiger partial charge in [0.15, 0.2) is 0 Å². The number of aryl methyl sites for hydroxylation is 2. The lowest BCUT2D eigenvalue weighted by molar-refractivity contribution is -0.117. The van der Waals surface area contributed by atoms with Crippen molar-refractivity contribution < 1.29 is 14.0 Å². The van der Waals surface area contributed by atoms with Crippen molar-refractivity contribution in [3.8, 4) is 16.9 Å². The highest BCUT2D eigenvalue weighted by Crippen LogP contribution is 2.25. The zero-order valence-electron chi connectivity index (χ0n) is 20.8. The predicted molar refractivity (Wildman–Crippen MR) is 140 cm³/mol. The minimum absolute atomic E-state index is 0.172. The van der Waals surface area contributed by atoms with E-state index in [2.05, 4.69) is 5.32 Å². The largest absolute Gasteiger partial charge is 0.327 e. The quantitative estimate of drug-likeness (QED) is 0.361. The lowest BCUT2D eigenvalue weighted by atomic mass is 10.1. The lowest BCUT2D eigenvalue weighted by Gasteiger charge is -2.26. The summed E-state index contributed by atoms with van der Waals surface area (Å²) in [5.74, 6) is -0.791. The zero-order chi connectivity index (χ0) is 25.8. The molecule has 0 fully saturated rings. The fourth-order valence-corrected chi connectivity index (χ4v) is 3.80. The summed E-state index contributed by atoms with van der Waals surface area (Å²) in [5, 5.41) is 2.89. The molecule has 7 heteroatoms. The van der Waals surface area contributed by atoms with Gasteiger partial charge in [-0.05, 0) is 64.1 Å². The van der Waals surface area contributed by atoms with Gasteiger partial charge in [0.25, 0.3) is 5.91 Å². The van der Waals surface area contributed by atoms with E-state index in [-0.39, 0.29) is 24.4 Å². The fraction of sp³-hybridized carbons (Fsp3) is 0.207. The van der Waals surface area contributed by atoms with E-state index in [4.69, 9.17) is 4.98 Å². The summed E-state index contributed by atoms with van der Waals surface area (Å²) in [6.07, 6.45) is 1.88. The second kappa shape index (κ2) is 10.6. The molecule has 184 valence electrons. The molecule has 1 N–H and O–H groups in total. The summed E-state index contributed by atoms with van der Waals surface area (Å²) >= 11 is 0. The molecule has 4 aromatic rings. The van der Waals surface area contributed by atoms with E-state index in [0.29, 0.717) is 17.2 Å². The monoisotopic (exact) mass is 484 g/mol. The van der Waals surface area contributed by atoms with Crippen molar-refractivity contribution >= 4 is 17.8 Å². The second-order valence-corrected chi connectivity index (χ2v) is 9.10. The van der Waals surface area contributed by atoms with Gasteiger partial charge in [-0.3, -0.25) is 19.5 Å². The zero-order valence-corrected chi connectivity index (χ0v) is 20.8. The SMILES string of the molecule is Cc1ccc(-c2cn(-c3ccc(C)cc3)c(NC(=O)CN(C(=O)c3ccc(F)cc3)C(C)C)n2)cc1. The molecule has 1 aromatic heterocycles. The normalized spacial score (nSPS) is 10.9. The van der Waals surface area contributed by atoms with Crippen molar-refractivity contribution in [2.75, 3.05) is 11.9 Å². The Morgan fingerprint density at radius 1 is 0.917 bits per heavy atom. The van der Waals surface area contributed by atoms with Crippen LogP contribution in [-0.4, -0.2) is 38.9 Å². The average molecular weight is 485 g/mol. The predicted octanol–water partition coefficient (Wildman–Crippen LogP) is 5.78. The Kier molecular flexibility index (Phi) is 7.29. The van der Waals surface area contributed by atoms with Gasteiger partial charge in [-0.25, -0.2) is 9.37 Å². The molecule has 0 aliphatic rings. The van der Waals surface area contributed by atoms with E-state index >= 15 is 0 Å². The van der Waals surface area contributed by atoms with E-state index < -0.39 is 5.82 Å². The molecule has 0 saturated heterocycles. The molecule has 0 aliphatic carbocycles. The summed E-state index contributed by atoms with van der Waals surface area (Å²) in [6, 6.07) is 21.0. The fourth-order valence-electron chi connectivity index (χ4n) is 3.80. The Balaban J connectivity index is 1.61. The van der Waals surface area contributed by atoms with E-state index in [0.717, 1.165) is 22.4 Å². The van der Waals surface area contributed by atoms with Gasteiger partial charge < -0.3 is 4.90 Å². The highest BCUT2D eigenvalue weighted by Gasteiger charge is 2.23. The van der Waals surface area contributed by atoms with Crippen molar-refractivity contribution in [1.29, 1.82) is 0 Å². The number of aromatic nitrogens is 2. The van der Waals surface area contributed by atoms with E-state index in [1.807, 2.05) is 87.0 Å². The van der Waals surface area contributed by atoms with Crippen molar-refractivity contribution in [2.45, 2.75) is 33.7 Å². The molecular weight excluding hydrogens is 455 g/mol. The van der Waals surface area contributed by atoms with Gasteiger partial charge >= 0.3 is 0 Å². The smallest absolute Gasteiger partial charge is 0.254 e. The van der Waals surface area contributed by atoms with Gasteiger partial charge in [0.1, 0.15) is 12.4 Å². The highest BCUT2D eigenvalue weighted by molar-refractivity contribution is 5.99. The van der Waals surface area contributed by atoms with Gasteiger partial charge in [-0.2, -0.15) is 0 Å². The highest BCUT2D eigenvalue weighted by atomic mass is 19.1. The molecule has 6 nitrogen and oxygen atoms in total. The lowest BCUT2D eigenvalue weighted by Crippen LogP contribution is -2.42. The molecule has 0 radical (unpaired) electrons. The van der Waals surface area contributed by atoms with E-state index in [1.165, 1.54) is 29.2 Å². The Bertz CT molecular complexity index is 1360. The third-order valence-electron chi connectivity index (χ3n) is 5.91. The molecule has 0 bridgehead atoms. The first-order chi connectivity index (χ1) is 17.2. The third-order valence-corrected chi connectivity index (χ3v) is 5.91. The first-order valence-corrected chi connectivity index (χ1v) is 11.8. The standard InChI is InChI=1S/C29H29FN4O2/c1-19(2)33(28(36)23-11-13-24(30)14-12-23)18-27(35)32-29-31-26(22-9-5-20(3)6-10-22)17-34(29)25-15-7-21(4)8-16-25/h5-17,19H,18H2,1-4H3,(H,31,32,35). The van der Waals surface area contributed by atoms with Crippen molar-refractivity contribution in [1.82, 2.24) is 14.5 Å². The van der Waals surface area contributed by atoms with Crippen LogP contribution in [0, 0.1) is 19.7 Å². The molecule has 3 aromatic carbocycles. The number of nitrogens with zero attached hydrogens (tertiary/aromatic N) is 3. The van der Waals surface area contributed by atoms with Crippen molar-refractivity contribution in [3.63, 3.8) is 0 Å². The number of nitrogens with one attached hydrogen (secondary N) is 1. The summed E-state index contributed by atoms with van der Waals surface area (Å²) in [7, 11) is 0. The van der Waals surface area contributed by atoms with Crippen molar-refractivity contribution in [2.24, 2.45) is 0 Å². The van der Waals surface area contributed by atoms with E-state index in [9.17, 15) is 14.0 Å². The van der Waals surface area contributed by atoms with E-state index in [1.54, 1.807) is 0 Å². The maximum absolute atomic E-state index is 13.3. The maximum atomic E-state index is 13.3. The van der Waals surface area contributed by atoms with Gasteiger partial charge in [-0.1, -0.05) is 47.5 Å². The van der Waals surface area contributed by atoms with Crippen LogP contribution in [0.2, 0.25) is 0 Å². The van der Waals surface area contributed by atoms with Gasteiger partial charge in [-0.15, -0.1) is 0 Å². The number of anilines is 1. The summed E-state index contributed by atoms with van der Waals surface area (Å²) in [4.78, 5) is 32.3.